The summed E-state index contributed by atoms with van der Waals surface area (Å²) in [6, 6.07) is 11.1. The Labute approximate surface area is 115 Å². The molecule has 2 heteroatoms. The highest BCUT2D eigenvalue weighted by molar-refractivity contribution is 5.81. The first-order chi connectivity index (χ1) is 9.22. The van der Waals surface area contributed by atoms with Crippen LogP contribution in [0.25, 0.3) is 10.9 Å². The lowest BCUT2D eigenvalue weighted by molar-refractivity contribution is 0.261. The maximum Gasteiger partial charge on any atom is 0.0703 e. The SMILES string of the molecule is CC1CCC(Nc2cnc3ccccc3c2)CC1C. The van der Waals surface area contributed by atoms with Gasteiger partial charge in [0.2, 0.25) is 0 Å². The molecule has 2 aromatic rings. The number of rotatable bonds is 2. The van der Waals surface area contributed by atoms with Crippen LogP contribution >= 0.6 is 0 Å². The molecule has 0 amide bonds. The van der Waals surface area contributed by atoms with Crippen LogP contribution in [0.4, 0.5) is 5.69 Å². The highest BCUT2D eigenvalue weighted by Crippen LogP contribution is 2.31. The Morgan fingerprint density at radius 1 is 1.11 bits per heavy atom. The summed E-state index contributed by atoms with van der Waals surface area (Å²) in [6.07, 6.45) is 5.84. The Balaban J connectivity index is 1.74. The summed E-state index contributed by atoms with van der Waals surface area (Å²) in [7, 11) is 0. The molecule has 1 aromatic carbocycles. The number of hydrogen-bond donors (Lipinski definition) is 1. The van der Waals surface area contributed by atoms with E-state index in [0.29, 0.717) is 6.04 Å². The van der Waals surface area contributed by atoms with Crippen molar-refractivity contribution in [2.24, 2.45) is 11.8 Å². The fourth-order valence-electron chi connectivity index (χ4n) is 3.06. The number of fused-ring (bicyclic) bond motifs is 1. The van der Waals surface area contributed by atoms with Crippen molar-refractivity contribution >= 4 is 16.6 Å². The summed E-state index contributed by atoms with van der Waals surface area (Å²) < 4.78 is 0. The monoisotopic (exact) mass is 254 g/mol. The van der Waals surface area contributed by atoms with E-state index >= 15 is 0 Å². The third-order valence-corrected chi connectivity index (χ3v) is 4.56. The minimum Gasteiger partial charge on any atom is -0.381 e. The van der Waals surface area contributed by atoms with Gasteiger partial charge < -0.3 is 5.32 Å². The fourth-order valence-corrected chi connectivity index (χ4v) is 3.06. The quantitative estimate of drug-likeness (QED) is 0.855. The van der Waals surface area contributed by atoms with Crippen molar-refractivity contribution in [1.29, 1.82) is 0 Å². The smallest absolute Gasteiger partial charge is 0.0703 e. The maximum atomic E-state index is 4.52. The predicted octanol–water partition coefficient (Wildman–Crippen LogP) is 4.47. The maximum absolute atomic E-state index is 4.52. The molecule has 2 nitrogen and oxygen atoms in total. The molecule has 1 aliphatic rings. The second kappa shape index (κ2) is 5.20. The lowest BCUT2D eigenvalue weighted by atomic mass is 9.79. The minimum absolute atomic E-state index is 0.606. The molecule has 19 heavy (non-hydrogen) atoms. The fraction of sp³-hybridized carbons (Fsp3) is 0.471. The Morgan fingerprint density at radius 3 is 2.79 bits per heavy atom. The first kappa shape index (κ1) is 12.5. The molecule has 0 aliphatic heterocycles. The van der Waals surface area contributed by atoms with Crippen molar-refractivity contribution in [3.8, 4) is 0 Å². The molecular weight excluding hydrogens is 232 g/mol. The summed E-state index contributed by atoms with van der Waals surface area (Å²) in [5.41, 5.74) is 2.23. The highest BCUT2D eigenvalue weighted by Gasteiger charge is 2.24. The number of benzene rings is 1. The molecule has 3 atom stereocenters. The van der Waals surface area contributed by atoms with Gasteiger partial charge in [-0.05, 0) is 43.2 Å². The molecule has 1 aromatic heterocycles. The van der Waals surface area contributed by atoms with E-state index in [-0.39, 0.29) is 0 Å². The summed E-state index contributed by atoms with van der Waals surface area (Å²) in [5, 5.41) is 4.87. The van der Waals surface area contributed by atoms with Gasteiger partial charge in [0.25, 0.3) is 0 Å². The Hall–Kier alpha value is -1.57. The first-order valence-electron chi connectivity index (χ1n) is 7.33. The summed E-state index contributed by atoms with van der Waals surface area (Å²) in [6.45, 7) is 4.75. The number of para-hydroxylation sites is 1. The van der Waals surface area contributed by atoms with E-state index in [2.05, 4.69) is 48.4 Å². The molecule has 3 unspecified atom stereocenters. The van der Waals surface area contributed by atoms with E-state index in [1.165, 1.54) is 24.6 Å². The van der Waals surface area contributed by atoms with E-state index in [1.54, 1.807) is 0 Å². The Kier molecular flexibility index (Phi) is 3.41. The zero-order valence-corrected chi connectivity index (χ0v) is 11.8. The average Bonchev–Trinajstić information content (AvgIpc) is 2.43. The molecule has 3 rings (SSSR count). The van der Waals surface area contributed by atoms with E-state index < -0.39 is 0 Å². The van der Waals surface area contributed by atoms with Crippen molar-refractivity contribution in [3.05, 3.63) is 36.5 Å². The van der Waals surface area contributed by atoms with Gasteiger partial charge in [-0.1, -0.05) is 32.0 Å². The molecule has 0 spiro atoms. The van der Waals surface area contributed by atoms with Gasteiger partial charge in [-0.3, -0.25) is 4.98 Å². The number of anilines is 1. The second-order valence-corrected chi connectivity index (χ2v) is 6.03. The molecule has 1 N–H and O–H groups in total. The molecule has 0 bridgehead atoms. The molecule has 0 radical (unpaired) electrons. The van der Waals surface area contributed by atoms with Crippen molar-refractivity contribution in [3.63, 3.8) is 0 Å². The molecule has 0 saturated heterocycles. The van der Waals surface area contributed by atoms with Gasteiger partial charge in [-0.2, -0.15) is 0 Å². The highest BCUT2D eigenvalue weighted by atomic mass is 14.9. The largest absolute Gasteiger partial charge is 0.381 e. The third-order valence-electron chi connectivity index (χ3n) is 4.56. The van der Waals surface area contributed by atoms with Gasteiger partial charge in [-0.25, -0.2) is 0 Å². The molecule has 1 aliphatic carbocycles. The van der Waals surface area contributed by atoms with Crippen LogP contribution < -0.4 is 5.32 Å². The molecular formula is C17H22N2. The predicted molar refractivity (Wildman–Crippen MR) is 81.3 cm³/mol. The normalized spacial score (nSPS) is 27.4. The number of nitrogens with zero attached hydrogens (tertiary/aromatic N) is 1. The number of hydrogen-bond acceptors (Lipinski definition) is 2. The average molecular weight is 254 g/mol. The van der Waals surface area contributed by atoms with Crippen LogP contribution in [0, 0.1) is 11.8 Å². The number of nitrogens with one attached hydrogen (secondary N) is 1. The standard InChI is InChI=1S/C17H22N2/c1-12-7-8-15(9-13(12)2)19-16-10-14-5-3-4-6-17(14)18-11-16/h3-6,10-13,15,19H,7-9H2,1-2H3. The summed E-state index contributed by atoms with van der Waals surface area (Å²) >= 11 is 0. The van der Waals surface area contributed by atoms with Crippen molar-refractivity contribution < 1.29 is 0 Å². The topological polar surface area (TPSA) is 24.9 Å². The molecule has 100 valence electrons. The van der Waals surface area contributed by atoms with E-state index in [9.17, 15) is 0 Å². The van der Waals surface area contributed by atoms with E-state index in [1.807, 2.05) is 12.3 Å². The van der Waals surface area contributed by atoms with Crippen LogP contribution in [0.1, 0.15) is 33.1 Å². The van der Waals surface area contributed by atoms with E-state index in [4.69, 9.17) is 0 Å². The van der Waals surface area contributed by atoms with Crippen LogP contribution in [0.3, 0.4) is 0 Å². The molecule has 1 heterocycles. The van der Waals surface area contributed by atoms with Crippen LogP contribution in [0.5, 0.6) is 0 Å². The minimum atomic E-state index is 0.606. The van der Waals surface area contributed by atoms with Gasteiger partial charge in [0.1, 0.15) is 0 Å². The van der Waals surface area contributed by atoms with Gasteiger partial charge >= 0.3 is 0 Å². The van der Waals surface area contributed by atoms with Crippen molar-refractivity contribution in [2.75, 3.05) is 5.32 Å². The number of pyridine rings is 1. The van der Waals surface area contributed by atoms with Crippen molar-refractivity contribution in [1.82, 2.24) is 4.98 Å². The Morgan fingerprint density at radius 2 is 1.95 bits per heavy atom. The first-order valence-corrected chi connectivity index (χ1v) is 7.33. The molecule has 1 fully saturated rings. The van der Waals surface area contributed by atoms with Crippen LogP contribution in [-0.4, -0.2) is 11.0 Å². The summed E-state index contributed by atoms with van der Waals surface area (Å²) in [5.74, 6) is 1.69. The zero-order valence-electron chi connectivity index (χ0n) is 11.8. The van der Waals surface area contributed by atoms with Gasteiger partial charge in [0.05, 0.1) is 17.4 Å². The van der Waals surface area contributed by atoms with Crippen LogP contribution in [-0.2, 0) is 0 Å². The zero-order chi connectivity index (χ0) is 13.2. The van der Waals surface area contributed by atoms with E-state index in [0.717, 1.165) is 23.0 Å². The number of aromatic nitrogens is 1. The lowest BCUT2D eigenvalue weighted by Gasteiger charge is -2.33. The van der Waals surface area contributed by atoms with Gasteiger partial charge in [0, 0.05) is 11.4 Å². The van der Waals surface area contributed by atoms with Crippen molar-refractivity contribution in [2.45, 2.75) is 39.2 Å². The Bertz CT molecular complexity index is 564. The molecule has 1 saturated carbocycles. The van der Waals surface area contributed by atoms with Gasteiger partial charge in [-0.15, -0.1) is 0 Å². The van der Waals surface area contributed by atoms with Gasteiger partial charge in [0.15, 0.2) is 0 Å². The third kappa shape index (κ3) is 2.73. The second-order valence-electron chi connectivity index (χ2n) is 6.03. The summed E-state index contributed by atoms with van der Waals surface area (Å²) in [4.78, 5) is 4.52. The lowest BCUT2D eigenvalue weighted by Crippen LogP contribution is -2.30. The van der Waals surface area contributed by atoms with Crippen LogP contribution in [0.2, 0.25) is 0 Å². The van der Waals surface area contributed by atoms with Crippen LogP contribution in [0.15, 0.2) is 36.5 Å².